The summed E-state index contributed by atoms with van der Waals surface area (Å²) < 4.78 is 13.6. The fourth-order valence-electron chi connectivity index (χ4n) is 2.19. The van der Waals surface area contributed by atoms with Crippen LogP contribution in [0.1, 0.15) is 22.5 Å². The summed E-state index contributed by atoms with van der Waals surface area (Å²) in [5.41, 5.74) is 1.65. The fraction of sp³-hybridized carbons (Fsp3) is 0.333. The average Bonchev–Trinajstić information content (AvgIpc) is 2.58. The number of halogens is 1. The van der Waals surface area contributed by atoms with E-state index >= 15 is 0 Å². The normalized spacial score (nSPS) is 10.7. The maximum atomic E-state index is 13.6. The van der Waals surface area contributed by atoms with Crippen LogP contribution < -0.4 is 10.6 Å². The number of pyridine rings is 1. The molecule has 2 rings (SSSR count). The van der Waals surface area contributed by atoms with Gasteiger partial charge < -0.3 is 15.5 Å². The second-order valence-corrected chi connectivity index (χ2v) is 5.79. The highest BCUT2D eigenvalue weighted by molar-refractivity contribution is 5.93. The van der Waals surface area contributed by atoms with Gasteiger partial charge in [0.2, 0.25) is 0 Å². The molecule has 0 atom stereocenters. The lowest BCUT2D eigenvalue weighted by atomic mass is 10.2. The lowest BCUT2D eigenvalue weighted by Gasteiger charge is -2.11. The minimum atomic E-state index is -0.252. The molecule has 0 radical (unpaired) electrons. The molecule has 0 aliphatic carbocycles. The molecular weight excluding hydrogens is 307 g/mol. The quantitative estimate of drug-likeness (QED) is 0.730. The first kappa shape index (κ1) is 17.9. The zero-order valence-corrected chi connectivity index (χ0v) is 14.1. The zero-order chi connectivity index (χ0) is 17.4. The van der Waals surface area contributed by atoms with Gasteiger partial charge in [0.15, 0.2) is 0 Å². The Morgan fingerprint density at radius 2 is 2.04 bits per heavy atom. The molecule has 1 heterocycles. The number of hydrogen-bond acceptors (Lipinski definition) is 4. The number of benzene rings is 1. The Bertz CT molecular complexity index is 676. The average molecular weight is 330 g/mol. The van der Waals surface area contributed by atoms with Gasteiger partial charge in [0.1, 0.15) is 11.5 Å². The molecule has 1 aromatic carbocycles. The van der Waals surface area contributed by atoms with Gasteiger partial charge in [-0.05, 0) is 45.3 Å². The summed E-state index contributed by atoms with van der Waals surface area (Å²) in [5, 5.41) is 5.96. The predicted octanol–water partition coefficient (Wildman–Crippen LogP) is 2.51. The molecule has 2 aromatic rings. The molecule has 6 heteroatoms. The summed E-state index contributed by atoms with van der Waals surface area (Å²) in [7, 11) is 3.99. The van der Waals surface area contributed by atoms with Crippen molar-refractivity contribution in [3.63, 3.8) is 0 Å². The van der Waals surface area contributed by atoms with E-state index in [0.717, 1.165) is 18.7 Å². The first-order valence-electron chi connectivity index (χ1n) is 7.92. The van der Waals surface area contributed by atoms with Crippen molar-refractivity contribution < 1.29 is 9.18 Å². The summed E-state index contributed by atoms with van der Waals surface area (Å²) in [6, 6.07) is 10.0. The van der Waals surface area contributed by atoms with Gasteiger partial charge in [0, 0.05) is 30.5 Å². The van der Waals surface area contributed by atoms with Gasteiger partial charge >= 0.3 is 0 Å². The van der Waals surface area contributed by atoms with Crippen molar-refractivity contribution in [3.8, 4) is 0 Å². The Kier molecular flexibility index (Phi) is 6.69. The SMILES string of the molecule is CN(C)CCCNC(=O)c1cc(NCc2ccccc2F)ccn1. The molecule has 0 bridgehead atoms. The molecule has 0 aliphatic rings. The molecular formula is C18H23FN4O. The van der Waals surface area contributed by atoms with Crippen LogP contribution in [-0.2, 0) is 6.54 Å². The Balaban J connectivity index is 1.89. The third kappa shape index (κ3) is 5.62. The van der Waals surface area contributed by atoms with Gasteiger partial charge in [0.25, 0.3) is 5.91 Å². The van der Waals surface area contributed by atoms with Crippen LogP contribution in [0.2, 0.25) is 0 Å². The topological polar surface area (TPSA) is 57.3 Å². The number of anilines is 1. The maximum absolute atomic E-state index is 13.6. The Morgan fingerprint density at radius 1 is 1.25 bits per heavy atom. The van der Waals surface area contributed by atoms with E-state index in [2.05, 4.69) is 20.5 Å². The molecule has 0 unspecified atom stereocenters. The number of aromatic nitrogens is 1. The Morgan fingerprint density at radius 3 is 2.79 bits per heavy atom. The highest BCUT2D eigenvalue weighted by Crippen LogP contribution is 2.12. The maximum Gasteiger partial charge on any atom is 0.269 e. The summed E-state index contributed by atoms with van der Waals surface area (Å²) >= 11 is 0. The van der Waals surface area contributed by atoms with E-state index < -0.39 is 0 Å². The summed E-state index contributed by atoms with van der Waals surface area (Å²) in [5.74, 6) is -0.457. The van der Waals surface area contributed by atoms with Crippen molar-refractivity contribution in [2.75, 3.05) is 32.5 Å². The molecule has 0 spiro atoms. The smallest absolute Gasteiger partial charge is 0.269 e. The summed E-state index contributed by atoms with van der Waals surface area (Å²) in [6.45, 7) is 1.87. The van der Waals surface area contributed by atoms with Crippen molar-refractivity contribution >= 4 is 11.6 Å². The lowest BCUT2D eigenvalue weighted by Crippen LogP contribution is -2.27. The number of carbonyl (C=O) groups is 1. The number of carbonyl (C=O) groups excluding carboxylic acids is 1. The lowest BCUT2D eigenvalue weighted by molar-refractivity contribution is 0.0947. The van der Waals surface area contributed by atoms with Crippen molar-refractivity contribution in [2.24, 2.45) is 0 Å². The van der Waals surface area contributed by atoms with Gasteiger partial charge in [-0.2, -0.15) is 0 Å². The van der Waals surface area contributed by atoms with Crippen LogP contribution >= 0.6 is 0 Å². The minimum absolute atomic E-state index is 0.205. The van der Waals surface area contributed by atoms with Gasteiger partial charge in [-0.3, -0.25) is 9.78 Å². The van der Waals surface area contributed by atoms with Gasteiger partial charge in [0.05, 0.1) is 0 Å². The van der Waals surface area contributed by atoms with E-state index in [4.69, 9.17) is 0 Å². The third-order valence-electron chi connectivity index (χ3n) is 3.50. The molecule has 5 nitrogen and oxygen atoms in total. The fourth-order valence-corrected chi connectivity index (χ4v) is 2.19. The number of hydrogen-bond donors (Lipinski definition) is 2. The van der Waals surface area contributed by atoms with E-state index in [0.29, 0.717) is 24.3 Å². The van der Waals surface area contributed by atoms with E-state index in [-0.39, 0.29) is 11.7 Å². The first-order chi connectivity index (χ1) is 11.6. The van der Waals surface area contributed by atoms with Crippen molar-refractivity contribution in [2.45, 2.75) is 13.0 Å². The number of amides is 1. The van der Waals surface area contributed by atoms with Gasteiger partial charge in [-0.15, -0.1) is 0 Å². The Hall–Kier alpha value is -2.47. The van der Waals surface area contributed by atoms with E-state index in [1.807, 2.05) is 14.1 Å². The van der Waals surface area contributed by atoms with Gasteiger partial charge in [-0.25, -0.2) is 4.39 Å². The van der Waals surface area contributed by atoms with Crippen LogP contribution in [0, 0.1) is 5.82 Å². The van der Waals surface area contributed by atoms with Crippen LogP contribution in [0.5, 0.6) is 0 Å². The molecule has 0 saturated heterocycles. The Labute approximate surface area is 141 Å². The highest BCUT2D eigenvalue weighted by atomic mass is 19.1. The van der Waals surface area contributed by atoms with E-state index in [1.165, 1.54) is 6.07 Å². The third-order valence-corrected chi connectivity index (χ3v) is 3.50. The summed E-state index contributed by atoms with van der Waals surface area (Å²) in [4.78, 5) is 18.3. The van der Waals surface area contributed by atoms with E-state index in [1.54, 1.807) is 36.5 Å². The monoisotopic (exact) mass is 330 g/mol. The minimum Gasteiger partial charge on any atom is -0.381 e. The molecule has 0 saturated carbocycles. The van der Waals surface area contributed by atoms with Crippen LogP contribution in [0.25, 0.3) is 0 Å². The van der Waals surface area contributed by atoms with Crippen molar-refractivity contribution in [3.05, 3.63) is 59.7 Å². The van der Waals surface area contributed by atoms with Crippen LogP contribution in [0.4, 0.5) is 10.1 Å². The first-order valence-corrected chi connectivity index (χ1v) is 7.92. The molecule has 0 fully saturated rings. The van der Waals surface area contributed by atoms with Crippen molar-refractivity contribution in [1.82, 2.24) is 15.2 Å². The van der Waals surface area contributed by atoms with Crippen LogP contribution in [-0.4, -0.2) is 43.0 Å². The second-order valence-electron chi connectivity index (χ2n) is 5.79. The number of rotatable bonds is 8. The zero-order valence-electron chi connectivity index (χ0n) is 14.1. The van der Waals surface area contributed by atoms with Crippen molar-refractivity contribution in [1.29, 1.82) is 0 Å². The second kappa shape index (κ2) is 8.98. The number of nitrogens with one attached hydrogen (secondary N) is 2. The molecule has 1 aromatic heterocycles. The largest absolute Gasteiger partial charge is 0.381 e. The molecule has 0 aliphatic heterocycles. The van der Waals surface area contributed by atoms with E-state index in [9.17, 15) is 9.18 Å². The van der Waals surface area contributed by atoms with Crippen LogP contribution in [0.3, 0.4) is 0 Å². The standard InChI is InChI=1S/C18H23FN4O/c1-23(2)11-5-9-21-18(24)17-12-15(8-10-20-17)22-13-14-6-3-4-7-16(14)19/h3-4,6-8,10,12H,5,9,11,13H2,1-2H3,(H,20,22)(H,21,24). The predicted molar refractivity (Wildman–Crippen MR) is 93.5 cm³/mol. The van der Waals surface area contributed by atoms with Crippen LogP contribution in [0.15, 0.2) is 42.6 Å². The summed E-state index contributed by atoms with van der Waals surface area (Å²) in [6.07, 6.45) is 2.45. The molecule has 128 valence electrons. The highest BCUT2D eigenvalue weighted by Gasteiger charge is 2.08. The van der Waals surface area contributed by atoms with Gasteiger partial charge in [-0.1, -0.05) is 18.2 Å². The molecule has 24 heavy (non-hydrogen) atoms. The molecule has 1 amide bonds. The molecule has 2 N–H and O–H groups in total. The number of nitrogens with zero attached hydrogens (tertiary/aromatic N) is 2.